The van der Waals surface area contributed by atoms with Crippen LogP contribution in [0.1, 0.15) is 5.56 Å². The van der Waals surface area contributed by atoms with Crippen LogP contribution >= 0.6 is 0 Å². The van der Waals surface area contributed by atoms with Gasteiger partial charge in [-0.25, -0.2) is 14.8 Å². The molecule has 0 radical (unpaired) electrons. The second kappa shape index (κ2) is 8.37. The number of rotatable bonds is 5. The molecule has 1 aliphatic heterocycles. The maximum atomic E-state index is 12.4. The van der Waals surface area contributed by atoms with Gasteiger partial charge in [0.15, 0.2) is 11.5 Å². The van der Waals surface area contributed by atoms with Crippen LogP contribution in [0.25, 0.3) is 0 Å². The Bertz CT molecular complexity index is 733. The SMILES string of the molecule is COc1ccc(CNC(=O)N2CCN(c3ncccn3)CC2)cc1OC. The molecule has 2 heterocycles. The number of amides is 2. The Morgan fingerprint density at radius 2 is 1.77 bits per heavy atom. The summed E-state index contributed by atoms with van der Waals surface area (Å²) in [6.45, 7) is 3.13. The van der Waals surface area contributed by atoms with Gasteiger partial charge in [0.1, 0.15) is 0 Å². The lowest BCUT2D eigenvalue weighted by atomic mass is 10.2. The topological polar surface area (TPSA) is 79.8 Å². The molecule has 0 spiro atoms. The summed E-state index contributed by atoms with van der Waals surface area (Å²) < 4.78 is 10.5. The molecule has 1 aromatic heterocycles. The molecule has 2 aromatic rings. The van der Waals surface area contributed by atoms with Gasteiger partial charge in [-0.05, 0) is 23.8 Å². The number of hydrogen-bond acceptors (Lipinski definition) is 6. The fourth-order valence-corrected chi connectivity index (χ4v) is 2.84. The van der Waals surface area contributed by atoms with E-state index in [9.17, 15) is 4.79 Å². The number of aromatic nitrogens is 2. The fraction of sp³-hybridized carbons (Fsp3) is 0.389. The summed E-state index contributed by atoms with van der Waals surface area (Å²) >= 11 is 0. The van der Waals surface area contributed by atoms with Crippen LogP contribution in [0.5, 0.6) is 11.5 Å². The zero-order chi connectivity index (χ0) is 18.4. The van der Waals surface area contributed by atoms with Crippen molar-refractivity contribution in [3.05, 3.63) is 42.2 Å². The quantitative estimate of drug-likeness (QED) is 0.874. The first kappa shape index (κ1) is 17.8. The van der Waals surface area contributed by atoms with Gasteiger partial charge in [-0.1, -0.05) is 6.07 Å². The first-order valence-corrected chi connectivity index (χ1v) is 8.47. The molecule has 2 amide bonds. The Morgan fingerprint density at radius 1 is 1.08 bits per heavy atom. The largest absolute Gasteiger partial charge is 0.493 e. The van der Waals surface area contributed by atoms with Crippen molar-refractivity contribution >= 4 is 12.0 Å². The van der Waals surface area contributed by atoms with E-state index in [0.717, 1.165) is 5.56 Å². The highest BCUT2D eigenvalue weighted by Gasteiger charge is 2.22. The molecule has 0 unspecified atom stereocenters. The molecule has 8 nitrogen and oxygen atoms in total. The summed E-state index contributed by atoms with van der Waals surface area (Å²) in [6.07, 6.45) is 3.45. The Kier molecular flexibility index (Phi) is 5.73. The van der Waals surface area contributed by atoms with E-state index in [1.807, 2.05) is 18.2 Å². The first-order chi connectivity index (χ1) is 12.7. The predicted molar refractivity (Wildman–Crippen MR) is 97.6 cm³/mol. The van der Waals surface area contributed by atoms with E-state index in [1.165, 1.54) is 0 Å². The lowest BCUT2D eigenvalue weighted by molar-refractivity contribution is 0.193. The molecule has 1 saturated heterocycles. The lowest BCUT2D eigenvalue weighted by Gasteiger charge is -2.34. The average Bonchev–Trinajstić information content (AvgIpc) is 2.72. The van der Waals surface area contributed by atoms with Crippen LogP contribution in [-0.2, 0) is 6.54 Å². The number of hydrogen-bond donors (Lipinski definition) is 1. The molecule has 1 N–H and O–H groups in total. The Labute approximate surface area is 152 Å². The third-order valence-electron chi connectivity index (χ3n) is 4.29. The summed E-state index contributed by atoms with van der Waals surface area (Å²) in [5.74, 6) is 2.02. The summed E-state index contributed by atoms with van der Waals surface area (Å²) in [7, 11) is 3.19. The highest BCUT2D eigenvalue weighted by molar-refractivity contribution is 5.74. The van der Waals surface area contributed by atoms with Crippen molar-refractivity contribution in [3.8, 4) is 11.5 Å². The van der Waals surface area contributed by atoms with E-state index in [0.29, 0.717) is 50.2 Å². The molecule has 0 aliphatic carbocycles. The van der Waals surface area contributed by atoms with E-state index in [-0.39, 0.29) is 6.03 Å². The van der Waals surface area contributed by atoms with Crippen LogP contribution in [0.4, 0.5) is 10.7 Å². The molecule has 1 fully saturated rings. The third-order valence-corrected chi connectivity index (χ3v) is 4.29. The predicted octanol–water partition coefficient (Wildman–Crippen LogP) is 1.53. The lowest BCUT2D eigenvalue weighted by Crippen LogP contribution is -2.52. The van der Waals surface area contributed by atoms with Crippen molar-refractivity contribution in [3.63, 3.8) is 0 Å². The highest BCUT2D eigenvalue weighted by Crippen LogP contribution is 2.27. The van der Waals surface area contributed by atoms with E-state index in [2.05, 4.69) is 20.2 Å². The monoisotopic (exact) mass is 357 g/mol. The standard InChI is InChI=1S/C18H23N5O3/c1-25-15-5-4-14(12-16(15)26-2)13-21-18(24)23-10-8-22(9-11-23)17-19-6-3-7-20-17/h3-7,12H,8-11,13H2,1-2H3,(H,21,24). The third kappa shape index (κ3) is 4.14. The molecule has 138 valence electrons. The second-order valence-electron chi connectivity index (χ2n) is 5.87. The molecule has 0 atom stereocenters. The Hall–Kier alpha value is -3.03. The van der Waals surface area contributed by atoms with E-state index < -0.39 is 0 Å². The summed E-state index contributed by atoms with van der Waals surface area (Å²) in [6, 6.07) is 7.32. The molecule has 3 rings (SSSR count). The number of ether oxygens (including phenoxy) is 2. The fourth-order valence-electron chi connectivity index (χ4n) is 2.84. The number of nitrogens with one attached hydrogen (secondary N) is 1. The molecule has 1 aromatic carbocycles. The zero-order valence-corrected chi connectivity index (χ0v) is 15.0. The van der Waals surface area contributed by atoms with Crippen molar-refractivity contribution in [2.24, 2.45) is 0 Å². The zero-order valence-electron chi connectivity index (χ0n) is 15.0. The van der Waals surface area contributed by atoms with Gasteiger partial charge in [0.25, 0.3) is 0 Å². The molecule has 0 saturated carbocycles. The summed E-state index contributed by atoms with van der Waals surface area (Å²) in [5.41, 5.74) is 0.951. The summed E-state index contributed by atoms with van der Waals surface area (Å²) in [4.78, 5) is 24.8. The van der Waals surface area contributed by atoms with Crippen molar-refractivity contribution in [1.82, 2.24) is 20.2 Å². The first-order valence-electron chi connectivity index (χ1n) is 8.47. The van der Waals surface area contributed by atoms with Gasteiger partial charge in [-0.15, -0.1) is 0 Å². The smallest absolute Gasteiger partial charge is 0.317 e. The number of benzene rings is 1. The van der Waals surface area contributed by atoms with Crippen molar-refractivity contribution in [2.45, 2.75) is 6.54 Å². The van der Waals surface area contributed by atoms with Crippen LogP contribution in [0.3, 0.4) is 0 Å². The van der Waals surface area contributed by atoms with Crippen LogP contribution in [0.15, 0.2) is 36.7 Å². The number of anilines is 1. The van der Waals surface area contributed by atoms with Crippen LogP contribution in [0.2, 0.25) is 0 Å². The maximum Gasteiger partial charge on any atom is 0.317 e. The normalized spacial score (nSPS) is 14.1. The van der Waals surface area contributed by atoms with Gasteiger partial charge < -0.3 is 24.6 Å². The highest BCUT2D eigenvalue weighted by atomic mass is 16.5. The molecular formula is C18H23N5O3. The number of piperazine rings is 1. The van der Waals surface area contributed by atoms with Crippen LogP contribution in [-0.4, -0.2) is 61.3 Å². The maximum absolute atomic E-state index is 12.4. The molecule has 1 aliphatic rings. The summed E-state index contributed by atoms with van der Waals surface area (Å²) in [5, 5.41) is 2.95. The molecule has 26 heavy (non-hydrogen) atoms. The van der Waals surface area contributed by atoms with Gasteiger partial charge in [0.2, 0.25) is 5.95 Å². The Balaban J connectivity index is 1.50. The second-order valence-corrected chi connectivity index (χ2v) is 5.87. The van der Waals surface area contributed by atoms with E-state index in [1.54, 1.807) is 37.6 Å². The van der Waals surface area contributed by atoms with Gasteiger partial charge >= 0.3 is 6.03 Å². The van der Waals surface area contributed by atoms with Gasteiger partial charge in [0, 0.05) is 45.1 Å². The van der Waals surface area contributed by atoms with Crippen molar-refractivity contribution in [2.75, 3.05) is 45.3 Å². The number of carbonyl (C=O) groups is 1. The van der Waals surface area contributed by atoms with Crippen molar-refractivity contribution in [1.29, 1.82) is 0 Å². The van der Waals surface area contributed by atoms with Crippen molar-refractivity contribution < 1.29 is 14.3 Å². The minimum Gasteiger partial charge on any atom is -0.493 e. The average molecular weight is 357 g/mol. The van der Waals surface area contributed by atoms with E-state index in [4.69, 9.17) is 9.47 Å². The number of carbonyl (C=O) groups excluding carboxylic acids is 1. The van der Waals surface area contributed by atoms with Crippen LogP contribution in [0, 0.1) is 0 Å². The number of urea groups is 1. The molecular weight excluding hydrogens is 334 g/mol. The number of methoxy groups -OCH3 is 2. The minimum atomic E-state index is -0.0755. The molecule has 8 heteroatoms. The Morgan fingerprint density at radius 3 is 2.42 bits per heavy atom. The van der Waals surface area contributed by atoms with E-state index >= 15 is 0 Å². The number of nitrogens with zero attached hydrogens (tertiary/aromatic N) is 4. The molecule has 0 bridgehead atoms. The van der Waals surface area contributed by atoms with Gasteiger partial charge in [-0.2, -0.15) is 0 Å². The van der Waals surface area contributed by atoms with Gasteiger partial charge in [0.05, 0.1) is 14.2 Å². The van der Waals surface area contributed by atoms with Gasteiger partial charge in [-0.3, -0.25) is 0 Å². The van der Waals surface area contributed by atoms with Crippen LogP contribution < -0.4 is 19.7 Å². The minimum absolute atomic E-state index is 0.0755.